The molecule has 24 heavy (non-hydrogen) atoms. The summed E-state index contributed by atoms with van der Waals surface area (Å²) in [7, 11) is 1.61. The van der Waals surface area contributed by atoms with Gasteiger partial charge in [0.2, 0.25) is 5.88 Å². The minimum Gasteiger partial charge on any atom is -0.481 e. The average molecular weight is 338 g/mol. The first-order valence-electron chi connectivity index (χ1n) is 7.32. The van der Waals surface area contributed by atoms with Gasteiger partial charge in [-0.1, -0.05) is 6.07 Å². The molecule has 120 valence electrons. The number of nitrogens with one attached hydrogen (secondary N) is 1. The third kappa shape index (κ3) is 2.67. The first-order valence-corrected chi connectivity index (χ1v) is 8.26. The molecule has 0 radical (unpaired) electrons. The lowest BCUT2D eigenvalue weighted by Gasteiger charge is -2.09. The second-order valence-electron chi connectivity index (χ2n) is 5.05. The Morgan fingerprint density at radius 1 is 1.21 bits per heavy atom. The maximum Gasteiger partial charge on any atom is 0.218 e. The Hall–Kier alpha value is -3.00. The van der Waals surface area contributed by atoms with E-state index < -0.39 is 0 Å². The quantitative estimate of drug-likeness (QED) is 0.603. The molecule has 0 unspecified atom stereocenters. The van der Waals surface area contributed by atoms with Gasteiger partial charge < -0.3 is 10.1 Å². The number of ether oxygens (including phenoxy) is 1. The molecular formula is C16H14N6OS. The standard InChI is InChI=1S/C16H14N6OS/c1-23-16-11(3-2-7-17-16)9-18-13-4-5-14-19-20-15(22(14)21-13)12-6-8-24-10-12/h2-8,10H,9H2,1H3,(H,18,21). The van der Waals surface area contributed by atoms with Crippen LogP contribution in [0.2, 0.25) is 0 Å². The van der Waals surface area contributed by atoms with E-state index in [1.165, 1.54) is 0 Å². The Bertz CT molecular complexity index is 966. The topological polar surface area (TPSA) is 77.2 Å². The Labute approximate surface area is 142 Å². The second-order valence-corrected chi connectivity index (χ2v) is 5.83. The van der Waals surface area contributed by atoms with Crippen LogP contribution in [0.1, 0.15) is 5.56 Å². The third-order valence-corrected chi connectivity index (χ3v) is 4.23. The molecule has 4 rings (SSSR count). The molecule has 0 aliphatic rings. The van der Waals surface area contributed by atoms with Crippen LogP contribution < -0.4 is 10.1 Å². The maximum atomic E-state index is 5.26. The average Bonchev–Trinajstić information content (AvgIpc) is 3.29. The van der Waals surface area contributed by atoms with Crippen molar-refractivity contribution in [3.8, 4) is 17.3 Å². The van der Waals surface area contributed by atoms with Crippen LogP contribution in [0.5, 0.6) is 5.88 Å². The van der Waals surface area contributed by atoms with Crippen molar-refractivity contribution in [1.82, 2.24) is 24.8 Å². The van der Waals surface area contributed by atoms with Crippen molar-refractivity contribution < 1.29 is 4.74 Å². The van der Waals surface area contributed by atoms with E-state index in [1.807, 2.05) is 41.1 Å². The molecule has 4 aromatic heterocycles. The van der Waals surface area contributed by atoms with Crippen LogP contribution in [0.25, 0.3) is 17.0 Å². The summed E-state index contributed by atoms with van der Waals surface area (Å²) >= 11 is 1.62. The van der Waals surface area contributed by atoms with Crippen molar-refractivity contribution in [2.75, 3.05) is 12.4 Å². The highest BCUT2D eigenvalue weighted by Crippen LogP contribution is 2.21. The van der Waals surface area contributed by atoms with Gasteiger partial charge in [0.1, 0.15) is 5.82 Å². The van der Waals surface area contributed by atoms with Crippen molar-refractivity contribution >= 4 is 22.8 Å². The van der Waals surface area contributed by atoms with Gasteiger partial charge >= 0.3 is 0 Å². The molecular weight excluding hydrogens is 324 g/mol. The summed E-state index contributed by atoms with van der Waals surface area (Å²) < 4.78 is 7.01. The van der Waals surface area contributed by atoms with E-state index in [1.54, 1.807) is 29.2 Å². The highest BCUT2D eigenvalue weighted by atomic mass is 32.1. The number of hydrogen-bond donors (Lipinski definition) is 1. The summed E-state index contributed by atoms with van der Waals surface area (Å²) in [6.07, 6.45) is 1.71. The molecule has 7 nitrogen and oxygen atoms in total. The fourth-order valence-corrected chi connectivity index (χ4v) is 3.02. The second kappa shape index (κ2) is 6.25. The van der Waals surface area contributed by atoms with Gasteiger partial charge in [0, 0.05) is 29.2 Å². The molecule has 1 N–H and O–H groups in total. The minimum absolute atomic E-state index is 0.561. The Kier molecular flexibility index (Phi) is 3.80. The van der Waals surface area contributed by atoms with Crippen molar-refractivity contribution in [3.05, 3.63) is 52.9 Å². The van der Waals surface area contributed by atoms with Gasteiger partial charge in [-0.2, -0.15) is 15.9 Å². The van der Waals surface area contributed by atoms with E-state index >= 15 is 0 Å². The molecule has 0 aliphatic carbocycles. The minimum atomic E-state index is 0.561. The monoisotopic (exact) mass is 338 g/mol. The highest BCUT2D eigenvalue weighted by molar-refractivity contribution is 7.08. The first kappa shape index (κ1) is 14.6. The number of fused-ring (bicyclic) bond motifs is 1. The van der Waals surface area contributed by atoms with Crippen LogP contribution in [-0.2, 0) is 6.54 Å². The van der Waals surface area contributed by atoms with E-state index in [9.17, 15) is 0 Å². The molecule has 8 heteroatoms. The maximum absolute atomic E-state index is 5.26. The highest BCUT2D eigenvalue weighted by Gasteiger charge is 2.10. The molecule has 0 amide bonds. The number of pyridine rings is 1. The van der Waals surface area contributed by atoms with Crippen LogP contribution in [0.15, 0.2) is 47.3 Å². The van der Waals surface area contributed by atoms with Crippen molar-refractivity contribution in [2.24, 2.45) is 0 Å². The van der Waals surface area contributed by atoms with E-state index in [4.69, 9.17) is 4.74 Å². The fourth-order valence-electron chi connectivity index (χ4n) is 2.38. The van der Waals surface area contributed by atoms with E-state index in [0.717, 1.165) is 22.8 Å². The molecule has 0 saturated carbocycles. The number of thiophene rings is 1. The van der Waals surface area contributed by atoms with E-state index in [-0.39, 0.29) is 0 Å². The predicted octanol–water partition coefficient (Wildman–Crippen LogP) is 2.87. The lowest BCUT2D eigenvalue weighted by molar-refractivity contribution is 0.393. The summed E-state index contributed by atoms with van der Waals surface area (Å²) in [5.41, 5.74) is 2.68. The number of anilines is 1. The molecule has 0 spiro atoms. The van der Waals surface area contributed by atoms with Gasteiger partial charge in [-0.25, -0.2) is 4.98 Å². The number of hydrogen-bond acceptors (Lipinski definition) is 7. The van der Waals surface area contributed by atoms with E-state index in [0.29, 0.717) is 18.1 Å². The Balaban J connectivity index is 1.62. The van der Waals surface area contributed by atoms with Crippen LogP contribution in [-0.4, -0.2) is 31.9 Å². The van der Waals surface area contributed by atoms with Crippen LogP contribution in [0, 0.1) is 0 Å². The zero-order valence-corrected chi connectivity index (χ0v) is 13.7. The predicted molar refractivity (Wildman–Crippen MR) is 92.2 cm³/mol. The van der Waals surface area contributed by atoms with Gasteiger partial charge in [-0.3, -0.25) is 0 Å². The number of nitrogens with zero attached hydrogens (tertiary/aromatic N) is 5. The van der Waals surface area contributed by atoms with Gasteiger partial charge in [0.25, 0.3) is 0 Å². The molecule has 0 aliphatic heterocycles. The van der Waals surface area contributed by atoms with Crippen LogP contribution >= 0.6 is 11.3 Å². The fraction of sp³-hybridized carbons (Fsp3) is 0.125. The molecule has 4 aromatic rings. The summed E-state index contributed by atoms with van der Waals surface area (Å²) in [6, 6.07) is 9.61. The van der Waals surface area contributed by atoms with Crippen molar-refractivity contribution in [3.63, 3.8) is 0 Å². The normalized spacial score (nSPS) is 10.9. The van der Waals surface area contributed by atoms with Crippen LogP contribution in [0.3, 0.4) is 0 Å². The van der Waals surface area contributed by atoms with Crippen LogP contribution in [0.4, 0.5) is 5.82 Å². The van der Waals surface area contributed by atoms with Gasteiger partial charge in [0.15, 0.2) is 11.5 Å². The third-order valence-electron chi connectivity index (χ3n) is 3.55. The zero-order valence-electron chi connectivity index (χ0n) is 12.9. The lowest BCUT2D eigenvalue weighted by Crippen LogP contribution is -2.06. The molecule has 0 bridgehead atoms. The number of rotatable bonds is 5. The first-order chi connectivity index (χ1) is 11.8. The molecule has 0 fully saturated rings. The Morgan fingerprint density at radius 2 is 2.17 bits per heavy atom. The zero-order chi connectivity index (χ0) is 16.4. The van der Waals surface area contributed by atoms with Crippen molar-refractivity contribution in [2.45, 2.75) is 6.54 Å². The van der Waals surface area contributed by atoms with Gasteiger partial charge in [-0.05, 0) is 29.6 Å². The van der Waals surface area contributed by atoms with E-state index in [2.05, 4.69) is 25.6 Å². The number of methoxy groups -OCH3 is 1. The molecule has 0 saturated heterocycles. The summed E-state index contributed by atoms with van der Waals surface area (Å²) in [5.74, 6) is 2.06. The van der Waals surface area contributed by atoms with Gasteiger partial charge in [-0.15, -0.1) is 15.3 Å². The molecule has 0 atom stereocenters. The molecule has 0 aromatic carbocycles. The number of aromatic nitrogens is 5. The smallest absolute Gasteiger partial charge is 0.218 e. The summed E-state index contributed by atoms with van der Waals surface area (Å²) in [6.45, 7) is 0.561. The van der Waals surface area contributed by atoms with Gasteiger partial charge in [0.05, 0.1) is 7.11 Å². The van der Waals surface area contributed by atoms with Crippen molar-refractivity contribution in [1.29, 1.82) is 0 Å². The Morgan fingerprint density at radius 3 is 3.00 bits per heavy atom. The lowest BCUT2D eigenvalue weighted by atomic mass is 10.2. The summed E-state index contributed by atoms with van der Waals surface area (Å²) in [5, 5.41) is 20.3. The molecule has 4 heterocycles. The largest absolute Gasteiger partial charge is 0.481 e. The SMILES string of the molecule is COc1ncccc1CNc1ccc2nnc(-c3ccsc3)n2n1. The summed E-state index contributed by atoms with van der Waals surface area (Å²) in [4.78, 5) is 4.19.